The highest BCUT2D eigenvalue weighted by Crippen LogP contribution is 2.18. The zero-order valence-electron chi connectivity index (χ0n) is 17.9. The molecule has 7 heteroatoms. The summed E-state index contributed by atoms with van der Waals surface area (Å²) in [6, 6.07) is 15.3. The molecule has 1 unspecified atom stereocenters. The Balaban J connectivity index is 1.58. The molecule has 0 aromatic heterocycles. The minimum absolute atomic E-state index is 0.00118. The fourth-order valence-electron chi connectivity index (χ4n) is 3.65. The molecule has 0 heterocycles. The summed E-state index contributed by atoms with van der Waals surface area (Å²) in [5, 5.41) is 8.18. The number of nitrogens with two attached hydrogens (primary N) is 1. The van der Waals surface area contributed by atoms with E-state index in [4.69, 9.17) is 5.14 Å². The van der Waals surface area contributed by atoms with Crippen LogP contribution in [0.3, 0.4) is 0 Å². The highest BCUT2D eigenvalue weighted by atomic mass is 32.2. The number of primary sulfonamides is 1. The molecule has 0 saturated heterocycles. The lowest BCUT2D eigenvalue weighted by Gasteiger charge is -2.21. The van der Waals surface area contributed by atoms with E-state index in [9.17, 15) is 13.2 Å². The Kier molecular flexibility index (Phi) is 6.95. The van der Waals surface area contributed by atoms with Crippen molar-refractivity contribution in [2.24, 2.45) is 5.14 Å². The minimum Gasteiger partial charge on any atom is -0.345 e. The first-order valence-corrected chi connectivity index (χ1v) is 12.0. The van der Waals surface area contributed by atoms with E-state index in [2.05, 4.69) is 43.4 Å². The van der Waals surface area contributed by atoms with Crippen LogP contribution in [0.4, 0.5) is 0 Å². The largest absolute Gasteiger partial charge is 0.345 e. The number of quaternary nitrogens is 1. The topological polar surface area (TPSA) is 93.7 Å². The van der Waals surface area contributed by atoms with Gasteiger partial charge in [0.2, 0.25) is 10.0 Å². The van der Waals surface area contributed by atoms with Crippen LogP contribution < -0.4 is 15.4 Å². The van der Waals surface area contributed by atoms with Crippen LogP contribution in [0.2, 0.25) is 0 Å². The van der Waals surface area contributed by atoms with Crippen molar-refractivity contribution < 1.29 is 18.1 Å². The number of sulfonamides is 1. The summed E-state index contributed by atoms with van der Waals surface area (Å²) in [5.41, 5.74) is 3.42. The SMILES string of the molecule is CC(C)c1ccc(C[NH+](CC(=O)N[C@@H](C)c2ccc(S(N)(=O)=O)cc2)C2CC2)cc1. The van der Waals surface area contributed by atoms with Gasteiger partial charge in [-0.1, -0.05) is 50.2 Å². The van der Waals surface area contributed by atoms with Crippen LogP contribution in [0.1, 0.15) is 62.3 Å². The minimum atomic E-state index is -3.71. The van der Waals surface area contributed by atoms with E-state index in [0.29, 0.717) is 18.5 Å². The van der Waals surface area contributed by atoms with Crippen molar-refractivity contribution in [3.8, 4) is 0 Å². The number of carbonyl (C=O) groups is 1. The number of hydrogen-bond donors (Lipinski definition) is 3. The van der Waals surface area contributed by atoms with Gasteiger partial charge in [0.05, 0.1) is 17.0 Å². The van der Waals surface area contributed by atoms with E-state index < -0.39 is 10.0 Å². The number of rotatable bonds is 9. The van der Waals surface area contributed by atoms with E-state index >= 15 is 0 Å². The normalized spacial score (nSPS) is 16.3. The van der Waals surface area contributed by atoms with Gasteiger partial charge >= 0.3 is 0 Å². The summed E-state index contributed by atoms with van der Waals surface area (Å²) in [5.74, 6) is 0.510. The Morgan fingerprint density at radius 1 is 1.03 bits per heavy atom. The highest BCUT2D eigenvalue weighted by Gasteiger charge is 2.34. The first-order chi connectivity index (χ1) is 14.1. The van der Waals surface area contributed by atoms with E-state index in [0.717, 1.165) is 24.9 Å². The van der Waals surface area contributed by atoms with Gasteiger partial charge in [-0.25, -0.2) is 13.6 Å². The van der Waals surface area contributed by atoms with Crippen molar-refractivity contribution in [2.45, 2.75) is 63.1 Å². The monoisotopic (exact) mass is 430 g/mol. The smallest absolute Gasteiger partial charge is 0.275 e. The summed E-state index contributed by atoms with van der Waals surface area (Å²) in [7, 11) is -3.71. The van der Waals surface area contributed by atoms with E-state index in [1.165, 1.54) is 28.2 Å². The number of amides is 1. The number of hydrogen-bond acceptors (Lipinski definition) is 3. The molecule has 6 nitrogen and oxygen atoms in total. The van der Waals surface area contributed by atoms with Crippen molar-refractivity contribution in [1.29, 1.82) is 0 Å². The third-order valence-electron chi connectivity index (χ3n) is 5.71. The fraction of sp³-hybridized carbons (Fsp3) is 0.435. The van der Waals surface area contributed by atoms with Gasteiger partial charge in [-0.2, -0.15) is 0 Å². The van der Waals surface area contributed by atoms with Gasteiger partial charge < -0.3 is 10.2 Å². The molecule has 0 aliphatic heterocycles. The molecule has 1 saturated carbocycles. The Labute approximate surface area is 179 Å². The van der Waals surface area contributed by atoms with Crippen LogP contribution >= 0.6 is 0 Å². The molecule has 1 aliphatic carbocycles. The van der Waals surface area contributed by atoms with Crippen LogP contribution in [0.5, 0.6) is 0 Å². The second kappa shape index (κ2) is 9.29. The lowest BCUT2D eigenvalue weighted by atomic mass is 10.0. The molecule has 1 amide bonds. The van der Waals surface area contributed by atoms with E-state index in [-0.39, 0.29) is 16.8 Å². The molecular weight excluding hydrogens is 398 g/mol. The summed E-state index contributed by atoms with van der Waals surface area (Å²) in [6.45, 7) is 7.53. The fourth-order valence-corrected chi connectivity index (χ4v) is 4.17. The third kappa shape index (κ3) is 6.14. The van der Waals surface area contributed by atoms with Crippen molar-refractivity contribution in [2.75, 3.05) is 6.54 Å². The Morgan fingerprint density at radius 3 is 2.10 bits per heavy atom. The highest BCUT2D eigenvalue weighted by molar-refractivity contribution is 7.89. The molecule has 3 rings (SSSR count). The summed E-state index contributed by atoms with van der Waals surface area (Å²) >= 11 is 0. The lowest BCUT2D eigenvalue weighted by molar-refractivity contribution is -0.917. The predicted octanol–water partition coefficient (Wildman–Crippen LogP) is 1.88. The number of carbonyl (C=O) groups excluding carboxylic acids is 1. The van der Waals surface area contributed by atoms with Crippen LogP contribution in [-0.2, 0) is 21.4 Å². The Morgan fingerprint density at radius 2 is 1.60 bits per heavy atom. The van der Waals surface area contributed by atoms with Crippen LogP contribution in [0, 0.1) is 0 Å². The third-order valence-corrected chi connectivity index (χ3v) is 6.64. The first-order valence-electron chi connectivity index (χ1n) is 10.5. The summed E-state index contributed by atoms with van der Waals surface area (Å²) in [6.07, 6.45) is 2.33. The second-order valence-electron chi connectivity index (χ2n) is 8.59. The maximum Gasteiger partial charge on any atom is 0.275 e. The number of nitrogens with one attached hydrogen (secondary N) is 2. The van der Waals surface area contributed by atoms with Crippen molar-refractivity contribution in [3.63, 3.8) is 0 Å². The van der Waals surface area contributed by atoms with E-state index in [1.54, 1.807) is 12.1 Å². The van der Waals surface area contributed by atoms with Crippen LogP contribution in [0.25, 0.3) is 0 Å². The van der Waals surface area contributed by atoms with Gasteiger partial charge in [0, 0.05) is 18.4 Å². The molecule has 0 spiro atoms. The number of benzene rings is 2. The molecule has 2 aromatic rings. The standard InChI is InChI=1S/C23H31N3O3S/c1-16(2)19-6-4-18(5-7-19)14-26(21-10-11-21)15-23(27)25-17(3)20-8-12-22(13-9-20)30(24,28)29/h4-9,12-13,16-17,21H,10-11,14-15H2,1-3H3,(H,25,27)(H2,24,28,29)/p+1/t17-/m0/s1. The summed E-state index contributed by atoms with van der Waals surface area (Å²) in [4.78, 5) is 14.0. The Hall–Kier alpha value is -2.22. The first kappa shape index (κ1) is 22.5. The lowest BCUT2D eigenvalue weighted by Crippen LogP contribution is -3.13. The molecule has 0 radical (unpaired) electrons. The average Bonchev–Trinajstić information content (AvgIpc) is 3.52. The molecule has 162 valence electrons. The van der Waals surface area contributed by atoms with Gasteiger partial charge in [0.15, 0.2) is 6.54 Å². The van der Waals surface area contributed by atoms with Crippen molar-refractivity contribution in [3.05, 3.63) is 65.2 Å². The maximum atomic E-state index is 12.7. The molecule has 0 bridgehead atoms. The molecule has 4 N–H and O–H groups in total. The molecule has 2 aromatic carbocycles. The molecule has 30 heavy (non-hydrogen) atoms. The molecule has 1 aliphatic rings. The average molecular weight is 431 g/mol. The zero-order valence-corrected chi connectivity index (χ0v) is 18.7. The second-order valence-corrected chi connectivity index (χ2v) is 10.1. The van der Waals surface area contributed by atoms with Crippen molar-refractivity contribution in [1.82, 2.24) is 5.32 Å². The van der Waals surface area contributed by atoms with Gasteiger partial charge in [-0.3, -0.25) is 4.79 Å². The van der Waals surface area contributed by atoms with Gasteiger partial charge in [-0.15, -0.1) is 0 Å². The molecule has 1 fully saturated rings. The maximum absolute atomic E-state index is 12.7. The molecular formula is C23H32N3O3S+. The molecule has 2 atom stereocenters. The van der Waals surface area contributed by atoms with Crippen LogP contribution in [-0.4, -0.2) is 26.9 Å². The van der Waals surface area contributed by atoms with Crippen LogP contribution in [0.15, 0.2) is 53.4 Å². The van der Waals surface area contributed by atoms with Crippen molar-refractivity contribution >= 4 is 15.9 Å². The summed E-state index contributed by atoms with van der Waals surface area (Å²) < 4.78 is 22.8. The zero-order chi connectivity index (χ0) is 21.9. The van der Waals surface area contributed by atoms with Gasteiger partial charge in [-0.05, 0) is 36.1 Å². The Bertz CT molecular complexity index is 966. The van der Waals surface area contributed by atoms with Gasteiger partial charge in [0.1, 0.15) is 6.54 Å². The predicted molar refractivity (Wildman–Crippen MR) is 117 cm³/mol. The quantitative estimate of drug-likeness (QED) is 0.567. The van der Waals surface area contributed by atoms with Gasteiger partial charge in [0.25, 0.3) is 5.91 Å². The van der Waals surface area contributed by atoms with E-state index in [1.807, 2.05) is 6.92 Å².